The van der Waals surface area contributed by atoms with Crippen molar-refractivity contribution < 1.29 is 9.84 Å². The Balaban J connectivity index is 2.13. The molecule has 0 saturated heterocycles. The lowest BCUT2D eigenvalue weighted by atomic mass is 10.2. The summed E-state index contributed by atoms with van der Waals surface area (Å²) in [5, 5.41) is 10.3. The number of benzene rings is 2. The molecule has 112 valence electrons. The van der Waals surface area contributed by atoms with Gasteiger partial charge in [0.25, 0.3) is 0 Å². The highest BCUT2D eigenvalue weighted by atomic mass is 32.2. The molecule has 2 rings (SSSR count). The fourth-order valence-corrected chi connectivity index (χ4v) is 2.53. The molecule has 0 amide bonds. The van der Waals surface area contributed by atoms with E-state index >= 15 is 0 Å². The van der Waals surface area contributed by atoms with Crippen LogP contribution in [0.15, 0.2) is 76.7 Å². The third kappa shape index (κ3) is 5.33. The molecule has 0 aromatic heterocycles. The maximum atomic E-state index is 10.3. The van der Waals surface area contributed by atoms with Crippen molar-refractivity contribution in [2.24, 2.45) is 0 Å². The van der Waals surface area contributed by atoms with Gasteiger partial charge in [-0.25, -0.2) is 0 Å². The lowest BCUT2D eigenvalue weighted by Crippen LogP contribution is -2.05. The molecule has 1 N–H and O–H groups in total. The summed E-state index contributed by atoms with van der Waals surface area (Å²) in [6, 6.07) is 19.5. The molecule has 1 atom stereocenters. The summed E-state index contributed by atoms with van der Waals surface area (Å²) in [6.45, 7) is 2.46. The fourth-order valence-electron chi connectivity index (χ4n) is 1.68. The molecule has 0 aliphatic rings. The Labute approximate surface area is 135 Å². The van der Waals surface area contributed by atoms with Gasteiger partial charge < -0.3 is 9.84 Å². The van der Waals surface area contributed by atoms with Crippen LogP contribution in [-0.2, 0) is 4.74 Å². The Bertz CT molecular complexity index is 654. The second-order valence-corrected chi connectivity index (χ2v) is 5.58. The minimum atomic E-state index is -0.878. The second kappa shape index (κ2) is 8.99. The summed E-state index contributed by atoms with van der Waals surface area (Å²) < 4.78 is 5.33. The van der Waals surface area contributed by atoms with Gasteiger partial charge in [-0.1, -0.05) is 60.0 Å². The predicted molar refractivity (Wildman–Crippen MR) is 91.3 cm³/mol. The van der Waals surface area contributed by atoms with Crippen LogP contribution in [0, 0.1) is 11.8 Å². The van der Waals surface area contributed by atoms with Gasteiger partial charge >= 0.3 is 0 Å². The first-order chi connectivity index (χ1) is 10.8. The van der Waals surface area contributed by atoms with Crippen LogP contribution in [0.4, 0.5) is 0 Å². The van der Waals surface area contributed by atoms with E-state index in [1.165, 1.54) is 11.8 Å². The third-order valence-corrected chi connectivity index (χ3v) is 3.80. The van der Waals surface area contributed by atoms with Crippen molar-refractivity contribution in [3.8, 4) is 11.8 Å². The molecule has 0 saturated carbocycles. The normalized spacial score (nSPS) is 12.2. The zero-order valence-corrected chi connectivity index (χ0v) is 13.2. The van der Waals surface area contributed by atoms with Gasteiger partial charge in [0.1, 0.15) is 6.10 Å². The molecule has 0 heterocycles. The molecule has 3 heteroatoms. The van der Waals surface area contributed by atoms with Crippen LogP contribution >= 0.6 is 11.8 Å². The summed E-state index contributed by atoms with van der Waals surface area (Å²) in [6.07, 6.45) is 0.708. The molecule has 0 spiro atoms. The van der Waals surface area contributed by atoms with E-state index in [9.17, 15) is 5.11 Å². The summed E-state index contributed by atoms with van der Waals surface area (Å²) in [7, 11) is 0. The van der Waals surface area contributed by atoms with Gasteiger partial charge in [-0.2, -0.15) is 0 Å². The number of aliphatic hydroxyl groups is 1. The van der Waals surface area contributed by atoms with Crippen molar-refractivity contribution in [3.63, 3.8) is 0 Å². The van der Waals surface area contributed by atoms with Crippen LogP contribution in [0.2, 0.25) is 0 Å². The van der Waals surface area contributed by atoms with E-state index in [4.69, 9.17) is 4.74 Å². The van der Waals surface area contributed by atoms with Crippen molar-refractivity contribution in [2.75, 3.05) is 6.61 Å². The Morgan fingerprint density at radius 1 is 1.14 bits per heavy atom. The van der Waals surface area contributed by atoms with Gasteiger partial charge in [0.15, 0.2) is 0 Å². The summed E-state index contributed by atoms with van der Waals surface area (Å²) in [5.74, 6) is 5.84. The summed E-state index contributed by atoms with van der Waals surface area (Å²) >= 11 is 1.46. The molecule has 2 aromatic rings. The van der Waals surface area contributed by atoms with E-state index in [1.54, 1.807) is 6.26 Å². The number of ether oxygens (including phenoxy) is 1. The summed E-state index contributed by atoms with van der Waals surface area (Å²) in [4.78, 5) is 1.71. The lowest BCUT2D eigenvalue weighted by molar-refractivity contribution is 0.244. The first-order valence-corrected chi connectivity index (χ1v) is 7.90. The van der Waals surface area contributed by atoms with E-state index in [0.29, 0.717) is 11.5 Å². The van der Waals surface area contributed by atoms with Gasteiger partial charge in [-0.15, -0.1) is 0 Å². The fraction of sp³-hybridized carbons (Fsp3) is 0.158. The first-order valence-electron chi connectivity index (χ1n) is 7.09. The molecular weight excluding hydrogens is 292 g/mol. The van der Waals surface area contributed by atoms with Crippen LogP contribution in [0.1, 0.15) is 12.5 Å². The molecule has 22 heavy (non-hydrogen) atoms. The number of aliphatic hydroxyl groups excluding tert-OH is 1. The Morgan fingerprint density at radius 3 is 2.41 bits per heavy atom. The van der Waals surface area contributed by atoms with Gasteiger partial charge in [-0.05, 0) is 31.2 Å². The smallest absolute Gasteiger partial charge is 0.149 e. The average Bonchev–Trinajstić information content (AvgIpc) is 2.58. The zero-order valence-electron chi connectivity index (χ0n) is 12.4. The zero-order chi connectivity index (χ0) is 15.6. The van der Waals surface area contributed by atoms with E-state index in [2.05, 4.69) is 11.8 Å². The van der Waals surface area contributed by atoms with Crippen LogP contribution < -0.4 is 0 Å². The maximum Gasteiger partial charge on any atom is 0.149 e. The first kappa shape index (κ1) is 16.2. The Hall–Kier alpha value is -2.15. The van der Waals surface area contributed by atoms with Gasteiger partial charge in [-0.3, -0.25) is 0 Å². The SMILES string of the molecule is CCO/C=C(\Sc1ccccc1)C(O)C#Cc1ccccc1. The van der Waals surface area contributed by atoms with Crippen molar-refractivity contribution in [1.82, 2.24) is 0 Å². The number of hydrogen-bond donors (Lipinski definition) is 1. The molecule has 2 nitrogen and oxygen atoms in total. The molecule has 0 bridgehead atoms. The average molecular weight is 310 g/mol. The van der Waals surface area contributed by atoms with Crippen molar-refractivity contribution >= 4 is 11.8 Å². The van der Waals surface area contributed by atoms with E-state index in [0.717, 1.165) is 10.5 Å². The number of hydrogen-bond acceptors (Lipinski definition) is 3. The van der Waals surface area contributed by atoms with Gasteiger partial charge in [0.2, 0.25) is 0 Å². The quantitative estimate of drug-likeness (QED) is 0.513. The molecule has 1 unspecified atom stereocenters. The van der Waals surface area contributed by atoms with E-state index < -0.39 is 6.10 Å². The maximum absolute atomic E-state index is 10.3. The minimum Gasteiger partial charge on any atom is -0.501 e. The molecule has 0 fully saturated rings. The summed E-state index contributed by atoms with van der Waals surface area (Å²) in [5.41, 5.74) is 0.877. The van der Waals surface area contributed by atoms with Crippen molar-refractivity contribution in [1.29, 1.82) is 0 Å². The van der Waals surface area contributed by atoms with Crippen LogP contribution in [-0.4, -0.2) is 17.8 Å². The van der Waals surface area contributed by atoms with Crippen LogP contribution in [0.5, 0.6) is 0 Å². The van der Waals surface area contributed by atoms with E-state index in [-0.39, 0.29) is 0 Å². The van der Waals surface area contributed by atoms with E-state index in [1.807, 2.05) is 67.6 Å². The largest absolute Gasteiger partial charge is 0.501 e. The minimum absolute atomic E-state index is 0.553. The highest BCUT2D eigenvalue weighted by Crippen LogP contribution is 2.28. The molecular formula is C19H18O2S. The number of thioether (sulfide) groups is 1. The predicted octanol–water partition coefficient (Wildman–Crippen LogP) is 4.07. The van der Waals surface area contributed by atoms with Crippen molar-refractivity contribution in [2.45, 2.75) is 17.9 Å². The standard InChI is InChI=1S/C19H18O2S/c1-2-21-15-19(22-17-11-7-4-8-12-17)18(20)14-13-16-9-5-3-6-10-16/h3-12,15,18,20H,2H2,1H3/b19-15-. The highest BCUT2D eigenvalue weighted by Gasteiger charge is 2.10. The second-order valence-electron chi connectivity index (χ2n) is 4.43. The van der Waals surface area contributed by atoms with Crippen LogP contribution in [0.25, 0.3) is 0 Å². The molecule has 0 aliphatic heterocycles. The monoisotopic (exact) mass is 310 g/mol. The molecule has 0 aliphatic carbocycles. The molecule has 2 aromatic carbocycles. The van der Waals surface area contributed by atoms with Crippen LogP contribution in [0.3, 0.4) is 0 Å². The Morgan fingerprint density at radius 2 is 1.77 bits per heavy atom. The van der Waals surface area contributed by atoms with Gasteiger partial charge in [0.05, 0.1) is 17.8 Å². The van der Waals surface area contributed by atoms with Crippen molar-refractivity contribution in [3.05, 3.63) is 77.4 Å². The number of rotatable bonds is 5. The topological polar surface area (TPSA) is 29.5 Å². The Kier molecular flexibility index (Phi) is 6.63. The lowest BCUT2D eigenvalue weighted by Gasteiger charge is -2.09. The van der Waals surface area contributed by atoms with Gasteiger partial charge in [0, 0.05) is 10.5 Å². The molecule has 0 radical (unpaired) electrons. The highest BCUT2D eigenvalue weighted by molar-refractivity contribution is 8.03. The third-order valence-electron chi connectivity index (χ3n) is 2.74.